The van der Waals surface area contributed by atoms with Crippen molar-refractivity contribution in [3.8, 4) is 0 Å². The van der Waals surface area contributed by atoms with Crippen molar-refractivity contribution in [2.45, 2.75) is 26.2 Å². The fourth-order valence-corrected chi connectivity index (χ4v) is 1.88. The molecule has 0 spiro atoms. The molecule has 16 heavy (non-hydrogen) atoms. The second-order valence-corrected chi connectivity index (χ2v) is 4.56. The molecular formula is C11H23NO3S. The number of hydrogen-bond donors (Lipinski definition) is 2. The zero-order chi connectivity index (χ0) is 12.1. The number of ether oxygens (including phenoxy) is 1. The first-order valence-electron chi connectivity index (χ1n) is 5.84. The lowest BCUT2D eigenvalue weighted by Gasteiger charge is -2.05. The van der Waals surface area contributed by atoms with Gasteiger partial charge in [0, 0.05) is 38.5 Å². The van der Waals surface area contributed by atoms with Crippen LogP contribution in [0.2, 0.25) is 0 Å². The van der Waals surface area contributed by atoms with Crippen LogP contribution in [0, 0.1) is 0 Å². The summed E-state index contributed by atoms with van der Waals surface area (Å²) in [5.41, 5.74) is 0. The van der Waals surface area contributed by atoms with Gasteiger partial charge in [0.15, 0.2) is 0 Å². The summed E-state index contributed by atoms with van der Waals surface area (Å²) in [7, 11) is 0. The Labute approximate surface area is 102 Å². The number of carbonyl (C=O) groups is 1. The van der Waals surface area contributed by atoms with E-state index >= 15 is 0 Å². The number of amides is 1. The van der Waals surface area contributed by atoms with Crippen molar-refractivity contribution in [1.82, 2.24) is 5.32 Å². The molecule has 0 radical (unpaired) electrons. The highest BCUT2D eigenvalue weighted by Gasteiger charge is 1.99. The van der Waals surface area contributed by atoms with Gasteiger partial charge in [0.1, 0.15) is 0 Å². The van der Waals surface area contributed by atoms with E-state index in [1.807, 2.05) is 6.92 Å². The van der Waals surface area contributed by atoms with E-state index in [4.69, 9.17) is 9.84 Å². The maximum atomic E-state index is 11.3. The highest BCUT2D eigenvalue weighted by atomic mass is 32.2. The van der Waals surface area contributed by atoms with Crippen molar-refractivity contribution in [2.75, 3.05) is 37.9 Å². The standard InChI is InChI=1S/C11H23NO3S/c1-2-15-8-3-5-11(14)12-6-10-16-9-4-7-13/h13H,2-10H2,1H3,(H,12,14). The Kier molecular flexibility index (Phi) is 12.6. The number of aliphatic hydroxyl groups is 1. The fraction of sp³-hybridized carbons (Fsp3) is 0.909. The van der Waals surface area contributed by atoms with Crippen LogP contribution in [0.1, 0.15) is 26.2 Å². The van der Waals surface area contributed by atoms with E-state index in [0.717, 1.165) is 24.3 Å². The number of carbonyl (C=O) groups excluding carboxylic acids is 1. The topological polar surface area (TPSA) is 58.6 Å². The van der Waals surface area contributed by atoms with Gasteiger partial charge in [-0.1, -0.05) is 0 Å². The van der Waals surface area contributed by atoms with Gasteiger partial charge < -0.3 is 15.2 Å². The lowest BCUT2D eigenvalue weighted by Crippen LogP contribution is -2.25. The van der Waals surface area contributed by atoms with Gasteiger partial charge in [-0.2, -0.15) is 11.8 Å². The lowest BCUT2D eigenvalue weighted by atomic mass is 10.3. The molecule has 0 atom stereocenters. The average Bonchev–Trinajstić information content (AvgIpc) is 2.29. The van der Waals surface area contributed by atoms with Gasteiger partial charge in [-0.25, -0.2) is 0 Å². The second kappa shape index (κ2) is 12.8. The highest BCUT2D eigenvalue weighted by molar-refractivity contribution is 7.99. The molecule has 1 amide bonds. The van der Waals surface area contributed by atoms with Gasteiger partial charge in [-0.05, 0) is 25.5 Å². The van der Waals surface area contributed by atoms with Crippen LogP contribution in [0.3, 0.4) is 0 Å². The van der Waals surface area contributed by atoms with Crippen LogP contribution < -0.4 is 5.32 Å². The highest BCUT2D eigenvalue weighted by Crippen LogP contribution is 2.00. The van der Waals surface area contributed by atoms with E-state index < -0.39 is 0 Å². The summed E-state index contributed by atoms with van der Waals surface area (Å²) in [4.78, 5) is 11.3. The summed E-state index contributed by atoms with van der Waals surface area (Å²) in [5, 5.41) is 11.4. The Morgan fingerprint density at radius 2 is 2.19 bits per heavy atom. The molecule has 0 aliphatic rings. The molecule has 0 bridgehead atoms. The maximum absolute atomic E-state index is 11.3. The third kappa shape index (κ3) is 11.8. The summed E-state index contributed by atoms with van der Waals surface area (Å²) >= 11 is 1.75. The first kappa shape index (κ1) is 15.7. The Morgan fingerprint density at radius 1 is 1.38 bits per heavy atom. The molecule has 5 heteroatoms. The predicted molar refractivity (Wildman–Crippen MR) is 67.8 cm³/mol. The smallest absolute Gasteiger partial charge is 0.220 e. The lowest BCUT2D eigenvalue weighted by molar-refractivity contribution is -0.121. The molecule has 0 fully saturated rings. The SMILES string of the molecule is CCOCCCC(=O)NCCSCCCO. The van der Waals surface area contributed by atoms with Gasteiger partial charge >= 0.3 is 0 Å². The molecule has 96 valence electrons. The van der Waals surface area contributed by atoms with Crippen molar-refractivity contribution in [3.05, 3.63) is 0 Å². The van der Waals surface area contributed by atoms with Crippen molar-refractivity contribution in [3.63, 3.8) is 0 Å². The molecule has 0 aliphatic heterocycles. The Bertz CT molecular complexity index is 167. The average molecular weight is 249 g/mol. The zero-order valence-electron chi connectivity index (χ0n) is 10.0. The molecule has 2 N–H and O–H groups in total. The monoisotopic (exact) mass is 249 g/mol. The first-order valence-corrected chi connectivity index (χ1v) is 6.99. The van der Waals surface area contributed by atoms with Gasteiger partial charge in [0.05, 0.1) is 0 Å². The van der Waals surface area contributed by atoms with Gasteiger partial charge in [-0.15, -0.1) is 0 Å². The zero-order valence-corrected chi connectivity index (χ0v) is 10.9. The predicted octanol–water partition coefficient (Wildman–Crippen LogP) is 1.03. The normalized spacial score (nSPS) is 10.4. The van der Waals surface area contributed by atoms with Crippen molar-refractivity contribution in [1.29, 1.82) is 0 Å². The van der Waals surface area contributed by atoms with Gasteiger partial charge in [0.25, 0.3) is 0 Å². The largest absolute Gasteiger partial charge is 0.396 e. The van der Waals surface area contributed by atoms with E-state index in [1.165, 1.54) is 0 Å². The van der Waals surface area contributed by atoms with Crippen molar-refractivity contribution in [2.24, 2.45) is 0 Å². The fourth-order valence-electron chi connectivity index (χ4n) is 1.10. The minimum absolute atomic E-state index is 0.0995. The Morgan fingerprint density at radius 3 is 2.88 bits per heavy atom. The van der Waals surface area contributed by atoms with Crippen LogP contribution >= 0.6 is 11.8 Å². The molecule has 0 saturated heterocycles. The molecule has 0 aromatic carbocycles. The molecule has 0 aliphatic carbocycles. The third-order valence-corrected chi connectivity index (χ3v) is 2.98. The minimum atomic E-state index is 0.0995. The minimum Gasteiger partial charge on any atom is -0.396 e. The molecule has 0 rings (SSSR count). The number of rotatable bonds is 11. The second-order valence-electron chi connectivity index (χ2n) is 3.34. The molecule has 0 heterocycles. The van der Waals surface area contributed by atoms with E-state index in [2.05, 4.69) is 5.32 Å². The maximum Gasteiger partial charge on any atom is 0.220 e. The van der Waals surface area contributed by atoms with Crippen LogP contribution in [0.25, 0.3) is 0 Å². The van der Waals surface area contributed by atoms with Crippen LogP contribution in [0.5, 0.6) is 0 Å². The number of nitrogens with one attached hydrogen (secondary N) is 1. The molecule has 0 aromatic rings. The molecule has 0 unspecified atom stereocenters. The van der Waals surface area contributed by atoms with Crippen LogP contribution in [-0.4, -0.2) is 48.9 Å². The molecule has 0 saturated carbocycles. The van der Waals surface area contributed by atoms with Crippen molar-refractivity contribution >= 4 is 17.7 Å². The van der Waals surface area contributed by atoms with Crippen LogP contribution in [0.4, 0.5) is 0 Å². The van der Waals surface area contributed by atoms with E-state index in [0.29, 0.717) is 26.2 Å². The van der Waals surface area contributed by atoms with E-state index in [1.54, 1.807) is 11.8 Å². The van der Waals surface area contributed by atoms with Crippen molar-refractivity contribution < 1.29 is 14.6 Å². The summed E-state index contributed by atoms with van der Waals surface area (Å²) in [6, 6.07) is 0. The van der Waals surface area contributed by atoms with Gasteiger partial charge in [0.2, 0.25) is 5.91 Å². The van der Waals surface area contributed by atoms with E-state index in [9.17, 15) is 4.79 Å². The molecular weight excluding hydrogens is 226 g/mol. The molecule has 4 nitrogen and oxygen atoms in total. The molecule has 0 aromatic heterocycles. The summed E-state index contributed by atoms with van der Waals surface area (Å²) < 4.78 is 5.15. The summed E-state index contributed by atoms with van der Waals surface area (Å²) in [5.74, 6) is 1.97. The first-order chi connectivity index (χ1) is 7.81. The van der Waals surface area contributed by atoms with Crippen LogP contribution in [-0.2, 0) is 9.53 Å². The van der Waals surface area contributed by atoms with Gasteiger partial charge in [-0.3, -0.25) is 4.79 Å². The number of hydrogen-bond acceptors (Lipinski definition) is 4. The Balaban J connectivity index is 3.11. The number of aliphatic hydroxyl groups excluding tert-OH is 1. The Hall–Kier alpha value is -0.260. The van der Waals surface area contributed by atoms with Crippen LogP contribution in [0.15, 0.2) is 0 Å². The third-order valence-electron chi connectivity index (χ3n) is 1.91. The number of thioether (sulfide) groups is 1. The van der Waals surface area contributed by atoms with E-state index in [-0.39, 0.29) is 12.5 Å². The summed E-state index contributed by atoms with van der Waals surface area (Å²) in [6.07, 6.45) is 2.16. The summed E-state index contributed by atoms with van der Waals surface area (Å²) in [6.45, 7) is 4.28. The quantitative estimate of drug-likeness (QED) is 0.537.